The summed E-state index contributed by atoms with van der Waals surface area (Å²) in [5.74, 6) is -1.69. The first-order valence-corrected chi connectivity index (χ1v) is 10.3. The summed E-state index contributed by atoms with van der Waals surface area (Å²) in [6.45, 7) is 1.85. The molecule has 7 nitrogen and oxygen atoms in total. The van der Waals surface area contributed by atoms with E-state index in [0.29, 0.717) is 22.5 Å². The summed E-state index contributed by atoms with van der Waals surface area (Å²) in [6.07, 6.45) is -3.25. The van der Waals surface area contributed by atoms with Gasteiger partial charge in [-0.05, 0) is 78.7 Å². The predicted octanol–water partition coefficient (Wildman–Crippen LogP) is 5.07. The van der Waals surface area contributed by atoms with E-state index in [4.69, 9.17) is 20.9 Å². The van der Waals surface area contributed by atoms with Crippen LogP contribution in [0.4, 0.5) is 24.5 Å². The number of nitrogens with two attached hydrogens (primary N) is 2. The zero-order valence-corrected chi connectivity index (χ0v) is 18.5. The van der Waals surface area contributed by atoms with Crippen LogP contribution in [0.5, 0.6) is 11.5 Å². The van der Waals surface area contributed by atoms with E-state index < -0.39 is 24.1 Å². The monoisotopic (exact) mass is 486 g/mol. The molecule has 0 aliphatic heterocycles. The Morgan fingerprint density at radius 2 is 1.43 bits per heavy atom. The maximum atomic E-state index is 12.5. The number of rotatable bonds is 7. The molecule has 0 heterocycles. The molecule has 10 heteroatoms. The largest absolute Gasteiger partial charge is 0.573 e. The van der Waals surface area contributed by atoms with Crippen molar-refractivity contribution >= 4 is 35.0 Å². The van der Waals surface area contributed by atoms with E-state index in [9.17, 15) is 22.8 Å². The highest BCUT2D eigenvalue weighted by Gasteiger charge is 2.31. The minimum Gasteiger partial charge on any atom is -0.462 e. The lowest BCUT2D eigenvalue weighted by atomic mass is 10.0. The van der Waals surface area contributed by atoms with Gasteiger partial charge in [-0.3, -0.25) is 0 Å². The molecule has 0 spiro atoms. The highest BCUT2D eigenvalue weighted by Crippen LogP contribution is 2.26. The van der Waals surface area contributed by atoms with E-state index in [1.165, 1.54) is 24.3 Å². The molecule has 3 rings (SSSR count). The maximum absolute atomic E-state index is 12.5. The maximum Gasteiger partial charge on any atom is 0.573 e. The van der Waals surface area contributed by atoms with Gasteiger partial charge in [-0.25, -0.2) is 9.59 Å². The molecule has 3 aromatic carbocycles. The first kappa shape index (κ1) is 25.2. The van der Waals surface area contributed by atoms with Crippen LogP contribution in [0, 0.1) is 0 Å². The molecule has 3 aromatic rings. The van der Waals surface area contributed by atoms with Crippen LogP contribution in [0.25, 0.3) is 11.6 Å². The summed E-state index contributed by atoms with van der Waals surface area (Å²) in [4.78, 5) is 24.9. The van der Waals surface area contributed by atoms with Crippen LogP contribution in [0.2, 0.25) is 0 Å². The van der Waals surface area contributed by atoms with Gasteiger partial charge >= 0.3 is 18.3 Å². The van der Waals surface area contributed by atoms with E-state index in [0.717, 1.165) is 12.1 Å². The molecule has 0 aromatic heterocycles. The fourth-order valence-electron chi connectivity index (χ4n) is 3.06. The van der Waals surface area contributed by atoms with Gasteiger partial charge in [-0.15, -0.1) is 13.2 Å². The average molecular weight is 486 g/mol. The second-order valence-corrected chi connectivity index (χ2v) is 7.20. The molecule has 0 bridgehead atoms. The molecule has 0 saturated heterocycles. The molecule has 0 unspecified atom stereocenters. The summed E-state index contributed by atoms with van der Waals surface area (Å²) >= 11 is 0. The molecule has 35 heavy (non-hydrogen) atoms. The number of anilines is 2. The fourth-order valence-corrected chi connectivity index (χ4v) is 3.06. The van der Waals surface area contributed by atoms with E-state index in [-0.39, 0.29) is 23.5 Å². The third-order valence-electron chi connectivity index (χ3n) is 4.51. The van der Waals surface area contributed by atoms with Crippen LogP contribution in [0.1, 0.15) is 28.4 Å². The number of benzene rings is 3. The molecule has 0 atom stereocenters. The van der Waals surface area contributed by atoms with Gasteiger partial charge < -0.3 is 25.7 Å². The summed E-state index contributed by atoms with van der Waals surface area (Å²) in [5.41, 5.74) is 13.9. The molecule has 182 valence electrons. The summed E-state index contributed by atoms with van der Waals surface area (Å²) in [6, 6.07) is 15.3. The number of nitrogen functional groups attached to an aromatic ring is 2. The zero-order valence-electron chi connectivity index (χ0n) is 18.5. The first-order chi connectivity index (χ1) is 16.5. The molecule has 0 aliphatic rings. The Bertz CT molecular complexity index is 1220. The van der Waals surface area contributed by atoms with E-state index in [2.05, 4.69) is 4.74 Å². The second kappa shape index (κ2) is 10.6. The molecule has 0 fully saturated rings. The number of hydrogen-bond acceptors (Lipinski definition) is 7. The lowest BCUT2D eigenvalue weighted by molar-refractivity contribution is -0.274. The Balaban J connectivity index is 1.78. The van der Waals surface area contributed by atoms with E-state index in [1.54, 1.807) is 43.3 Å². The Hall–Kier alpha value is -4.47. The predicted molar refractivity (Wildman–Crippen MR) is 124 cm³/mol. The van der Waals surface area contributed by atoms with Gasteiger partial charge in [0, 0.05) is 11.4 Å². The normalized spacial score (nSPS) is 11.6. The van der Waals surface area contributed by atoms with Gasteiger partial charge in [0.2, 0.25) is 0 Å². The lowest BCUT2D eigenvalue weighted by Crippen LogP contribution is -2.17. The molecule has 0 radical (unpaired) electrons. The smallest absolute Gasteiger partial charge is 0.462 e. The van der Waals surface area contributed by atoms with Crippen LogP contribution in [0.3, 0.4) is 0 Å². The number of carbonyl (C=O) groups excluding carboxylic acids is 2. The molecular weight excluding hydrogens is 465 g/mol. The molecular formula is C25H21F3N2O5. The molecule has 0 amide bonds. The van der Waals surface area contributed by atoms with Crippen molar-refractivity contribution in [2.75, 3.05) is 18.1 Å². The Labute approximate surface area is 198 Å². The summed E-state index contributed by atoms with van der Waals surface area (Å²) in [7, 11) is 0. The number of esters is 2. The van der Waals surface area contributed by atoms with Gasteiger partial charge in [-0.2, -0.15) is 0 Å². The highest BCUT2D eigenvalue weighted by atomic mass is 19.4. The van der Waals surface area contributed by atoms with Crippen molar-refractivity contribution in [1.82, 2.24) is 0 Å². The number of carbonyl (C=O) groups is 2. The van der Waals surface area contributed by atoms with Crippen molar-refractivity contribution in [3.8, 4) is 11.5 Å². The number of hydrogen-bond donors (Lipinski definition) is 2. The van der Waals surface area contributed by atoms with Gasteiger partial charge in [0.15, 0.2) is 0 Å². The number of halogens is 3. The van der Waals surface area contributed by atoms with Crippen LogP contribution < -0.4 is 20.9 Å². The van der Waals surface area contributed by atoms with Crippen molar-refractivity contribution in [3.05, 3.63) is 83.4 Å². The quantitative estimate of drug-likeness (QED) is 0.158. The Kier molecular flexibility index (Phi) is 7.65. The van der Waals surface area contributed by atoms with Gasteiger partial charge in [0.05, 0.1) is 17.7 Å². The lowest BCUT2D eigenvalue weighted by Gasteiger charge is -2.10. The molecule has 0 saturated carbocycles. The average Bonchev–Trinajstić information content (AvgIpc) is 2.77. The summed E-state index contributed by atoms with van der Waals surface area (Å²) < 4.78 is 50.8. The number of alkyl halides is 3. The first-order valence-electron chi connectivity index (χ1n) is 10.3. The van der Waals surface area contributed by atoms with Crippen molar-refractivity contribution in [1.29, 1.82) is 0 Å². The van der Waals surface area contributed by atoms with Crippen molar-refractivity contribution in [2.45, 2.75) is 13.3 Å². The van der Waals surface area contributed by atoms with E-state index in [1.807, 2.05) is 0 Å². The van der Waals surface area contributed by atoms with Gasteiger partial charge in [0.1, 0.15) is 11.5 Å². The Morgan fingerprint density at radius 1 is 0.857 bits per heavy atom. The fraction of sp³-hybridized carbons (Fsp3) is 0.120. The second-order valence-electron chi connectivity index (χ2n) is 7.20. The van der Waals surface area contributed by atoms with Crippen LogP contribution in [-0.2, 0) is 9.53 Å². The minimum absolute atomic E-state index is 0.0392. The molecule has 4 N–H and O–H groups in total. The third kappa shape index (κ3) is 7.26. The van der Waals surface area contributed by atoms with Crippen LogP contribution >= 0.6 is 0 Å². The van der Waals surface area contributed by atoms with Crippen molar-refractivity contribution < 1.29 is 37.0 Å². The summed E-state index contributed by atoms with van der Waals surface area (Å²) in [5, 5.41) is 0. The van der Waals surface area contributed by atoms with Crippen molar-refractivity contribution in [2.24, 2.45) is 0 Å². The zero-order chi connectivity index (χ0) is 25.6. The topological polar surface area (TPSA) is 114 Å². The molecule has 0 aliphatic carbocycles. The van der Waals surface area contributed by atoms with Gasteiger partial charge in [0.25, 0.3) is 0 Å². The van der Waals surface area contributed by atoms with Gasteiger partial charge in [-0.1, -0.05) is 12.1 Å². The van der Waals surface area contributed by atoms with Crippen LogP contribution in [0.15, 0.2) is 66.7 Å². The third-order valence-corrected chi connectivity index (χ3v) is 4.51. The standard InChI is InChI=1S/C25H21F3N2O5/c1-2-33-24(32)22(17-12-18(29)14-19(30)13-17)11-15-3-5-16(6-4-15)23(31)34-20-7-9-21(10-8-20)35-25(26,27)28/h3-14H,2,29-30H2,1H3. The van der Waals surface area contributed by atoms with Crippen molar-refractivity contribution in [3.63, 3.8) is 0 Å². The highest BCUT2D eigenvalue weighted by molar-refractivity contribution is 6.22. The Morgan fingerprint density at radius 3 is 1.97 bits per heavy atom. The minimum atomic E-state index is -4.82. The van der Waals surface area contributed by atoms with Crippen LogP contribution in [-0.4, -0.2) is 24.9 Å². The number of ether oxygens (including phenoxy) is 3. The van der Waals surface area contributed by atoms with E-state index >= 15 is 0 Å². The SMILES string of the molecule is CCOC(=O)C(=Cc1ccc(C(=O)Oc2ccc(OC(F)(F)F)cc2)cc1)c1cc(N)cc(N)c1.